The number of aromatic amines is 1. The standard InChI is InChI=1S/C13H9ClN2/c14-13-6-5-10(8-15-13)12-7-9-3-1-2-4-11(9)16-12/h1-8,16H. The predicted octanol–water partition coefficient (Wildman–Crippen LogP) is 3.88. The number of H-pyrrole nitrogens is 1. The third-order valence-electron chi connectivity index (χ3n) is 2.57. The first kappa shape index (κ1) is 9.43. The minimum absolute atomic E-state index is 0.514. The van der Waals surface area contributed by atoms with Gasteiger partial charge in [0.25, 0.3) is 0 Å². The van der Waals surface area contributed by atoms with E-state index >= 15 is 0 Å². The minimum Gasteiger partial charge on any atom is -0.354 e. The van der Waals surface area contributed by atoms with Gasteiger partial charge in [0.2, 0.25) is 0 Å². The number of benzene rings is 1. The van der Waals surface area contributed by atoms with E-state index in [0.717, 1.165) is 16.8 Å². The van der Waals surface area contributed by atoms with Crippen LogP contribution in [0.5, 0.6) is 0 Å². The van der Waals surface area contributed by atoms with Gasteiger partial charge in [0.15, 0.2) is 0 Å². The molecule has 3 aromatic rings. The van der Waals surface area contributed by atoms with Gasteiger partial charge in [-0.1, -0.05) is 29.8 Å². The van der Waals surface area contributed by atoms with Crippen LogP contribution in [0.25, 0.3) is 22.2 Å². The summed E-state index contributed by atoms with van der Waals surface area (Å²) in [5.41, 5.74) is 3.23. The first-order chi connectivity index (χ1) is 7.83. The maximum atomic E-state index is 5.76. The Hall–Kier alpha value is -1.80. The van der Waals surface area contributed by atoms with Crippen molar-refractivity contribution in [3.05, 3.63) is 53.8 Å². The molecule has 16 heavy (non-hydrogen) atoms. The van der Waals surface area contributed by atoms with Gasteiger partial charge in [0.1, 0.15) is 5.15 Å². The van der Waals surface area contributed by atoms with Crippen molar-refractivity contribution in [3.63, 3.8) is 0 Å². The SMILES string of the molecule is Clc1ccc(-c2cc3ccccc3[nH]2)cn1. The first-order valence-electron chi connectivity index (χ1n) is 5.02. The molecule has 0 aliphatic rings. The molecule has 2 aromatic heterocycles. The highest BCUT2D eigenvalue weighted by molar-refractivity contribution is 6.29. The maximum Gasteiger partial charge on any atom is 0.129 e. The second-order valence-corrected chi connectivity index (χ2v) is 4.03. The predicted molar refractivity (Wildman–Crippen MR) is 66.5 cm³/mol. The summed E-state index contributed by atoms with van der Waals surface area (Å²) in [6, 6.07) is 14.0. The topological polar surface area (TPSA) is 28.7 Å². The second kappa shape index (κ2) is 3.65. The second-order valence-electron chi connectivity index (χ2n) is 3.64. The van der Waals surface area contributed by atoms with Gasteiger partial charge in [0, 0.05) is 28.4 Å². The summed E-state index contributed by atoms with van der Waals surface area (Å²) in [7, 11) is 0. The zero-order chi connectivity index (χ0) is 11.0. The molecule has 78 valence electrons. The molecular formula is C13H9ClN2. The molecule has 0 amide bonds. The van der Waals surface area contributed by atoms with E-state index < -0.39 is 0 Å². The van der Waals surface area contributed by atoms with Crippen LogP contribution in [0.4, 0.5) is 0 Å². The zero-order valence-corrected chi connectivity index (χ0v) is 9.20. The summed E-state index contributed by atoms with van der Waals surface area (Å²) in [6.07, 6.45) is 1.77. The van der Waals surface area contributed by atoms with Crippen LogP contribution in [-0.4, -0.2) is 9.97 Å². The van der Waals surface area contributed by atoms with Crippen molar-refractivity contribution in [2.24, 2.45) is 0 Å². The Balaban J connectivity index is 2.15. The van der Waals surface area contributed by atoms with E-state index in [4.69, 9.17) is 11.6 Å². The molecule has 0 unspecified atom stereocenters. The molecule has 0 atom stereocenters. The van der Waals surface area contributed by atoms with Crippen LogP contribution in [0.3, 0.4) is 0 Å². The van der Waals surface area contributed by atoms with Gasteiger partial charge in [-0.05, 0) is 24.3 Å². The molecular weight excluding hydrogens is 220 g/mol. The number of aromatic nitrogens is 2. The van der Waals surface area contributed by atoms with Crippen molar-refractivity contribution < 1.29 is 0 Å². The van der Waals surface area contributed by atoms with Crippen molar-refractivity contribution in [1.82, 2.24) is 9.97 Å². The molecule has 2 nitrogen and oxygen atoms in total. The Bertz CT molecular complexity index is 593. The molecule has 0 aliphatic carbocycles. The van der Waals surface area contributed by atoms with E-state index in [1.165, 1.54) is 5.39 Å². The molecule has 1 N–H and O–H groups in total. The van der Waals surface area contributed by atoms with Crippen LogP contribution in [-0.2, 0) is 0 Å². The first-order valence-corrected chi connectivity index (χ1v) is 5.40. The number of rotatable bonds is 1. The normalized spacial score (nSPS) is 10.8. The molecule has 0 aliphatic heterocycles. The summed E-state index contributed by atoms with van der Waals surface area (Å²) in [5.74, 6) is 0. The quantitative estimate of drug-likeness (QED) is 0.629. The average molecular weight is 229 g/mol. The molecule has 0 bridgehead atoms. The fourth-order valence-electron chi connectivity index (χ4n) is 1.76. The van der Waals surface area contributed by atoms with Crippen LogP contribution in [0.1, 0.15) is 0 Å². The Morgan fingerprint density at radius 3 is 2.69 bits per heavy atom. The van der Waals surface area contributed by atoms with Crippen molar-refractivity contribution in [2.45, 2.75) is 0 Å². The number of nitrogens with one attached hydrogen (secondary N) is 1. The lowest BCUT2D eigenvalue weighted by Crippen LogP contribution is -1.79. The summed E-state index contributed by atoms with van der Waals surface area (Å²) in [5, 5.41) is 1.72. The third kappa shape index (κ3) is 1.57. The van der Waals surface area contributed by atoms with Gasteiger partial charge in [0.05, 0.1) is 0 Å². The summed E-state index contributed by atoms with van der Waals surface area (Å²) >= 11 is 5.76. The van der Waals surface area contributed by atoms with Crippen LogP contribution in [0.15, 0.2) is 48.7 Å². The number of pyridine rings is 1. The largest absolute Gasteiger partial charge is 0.354 e. The molecule has 1 aromatic carbocycles. The molecule has 0 saturated heterocycles. The minimum atomic E-state index is 0.514. The molecule has 3 heteroatoms. The molecule has 3 rings (SSSR count). The monoisotopic (exact) mass is 228 g/mol. The van der Waals surface area contributed by atoms with E-state index in [0.29, 0.717) is 5.15 Å². The van der Waals surface area contributed by atoms with Crippen molar-refractivity contribution >= 4 is 22.5 Å². The highest BCUT2D eigenvalue weighted by Gasteiger charge is 2.02. The maximum absolute atomic E-state index is 5.76. The third-order valence-corrected chi connectivity index (χ3v) is 2.79. The molecule has 0 radical (unpaired) electrons. The van der Waals surface area contributed by atoms with Gasteiger partial charge in [-0.3, -0.25) is 0 Å². The highest BCUT2D eigenvalue weighted by atomic mass is 35.5. The van der Waals surface area contributed by atoms with Gasteiger partial charge in [-0.25, -0.2) is 4.98 Å². The fraction of sp³-hybridized carbons (Fsp3) is 0. The number of para-hydroxylation sites is 1. The number of fused-ring (bicyclic) bond motifs is 1. The smallest absolute Gasteiger partial charge is 0.129 e. The molecule has 0 saturated carbocycles. The Kier molecular flexibility index (Phi) is 2.15. The van der Waals surface area contributed by atoms with Gasteiger partial charge < -0.3 is 4.98 Å². The number of nitrogens with zero attached hydrogens (tertiary/aromatic N) is 1. The Morgan fingerprint density at radius 2 is 1.94 bits per heavy atom. The lowest BCUT2D eigenvalue weighted by molar-refractivity contribution is 1.31. The number of halogens is 1. The van der Waals surface area contributed by atoms with E-state index in [9.17, 15) is 0 Å². The van der Waals surface area contributed by atoms with E-state index in [1.54, 1.807) is 12.3 Å². The van der Waals surface area contributed by atoms with E-state index in [1.807, 2.05) is 18.2 Å². The zero-order valence-electron chi connectivity index (χ0n) is 8.44. The lowest BCUT2D eigenvalue weighted by Gasteiger charge is -1.96. The average Bonchev–Trinajstić information content (AvgIpc) is 2.73. The summed E-state index contributed by atoms with van der Waals surface area (Å²) < 4.78 is 0. The molecule has 0 fully saturated rings. The van der Waals surface area contributed by atoms with Crippen molar-refractivity contribution in [2.75, 3.05) is 0 Å². The van der Waals surface area contributed by atoms with Crippen LogP contribution >= 0.6 is 11.6 Å². The Morgan fingerprint density at radius 1 is 1.06 bits per heavy atom. The van der Waals surface area contributed by atoms with Gasteiger partial charge in [-0.15, -0.1) is 0 Å². The molecule has 0 spiro atoms. The van der Waals surface area contributed by atoms with E-state index in [-0.39, 0.29) is 0 Å². The summed E-state index contributed by atoms with van der Waals surface area (Å²) in [4.78, 5) is 7.42. The van der Waals surface area contributed by atoms with Crippen LogP contribution in [0.2, 0.25) is 5.15 Å². The Labute approximate surface area is 97.9 Å². The van der Waals surface area contributed by atoms with Gasteiger partial charge in [-0.2, -0.15) is 0 Å². The van der Waals surface area contributed by atoms with Crippen LogP contribution in [0, 0.1) is 0 Å². The number of hydrogen-bond acceptors (Lipinski definition) is 1. The number of hydrogen-bond donors (Lipinski definition) is 1. The summed E-state index contributed by atoms with van der Waals surface area (Å²) in [6.45, 7) is 0. The van der Waals surface area contributed by atoms with E-state index in [2.05, 4.69) is 28.2 Å². The van der Waals surface area contributed by atoms with Crippen LogP contribution < -0.4 is 0 Å². The highest BCUT2D eigenvalue weighted by Crippen LogP contribution is 2.23. The van der Waals surface area contributed by atoms with Crippen molar-refractivity contribution in [3.8, 4) is 11.3 Å². The lowest BCUT2D eigenvalue weighted by atomic mass is 10.2. The molecule has 2 heterocycles. The fourth-order valence-corrected chi connectivity index (χ4v) is 1.88. The van der Waals surface area contributed by atoms with Gasteiger partial charge >= 0.3 is 0 Å². The van der Waals surface area contributed by atoms with Crippen molar-refractivity contribution in [1.29, 1.82) is 0 Å².